The second-order valence-corrected chi connectivity index (χ2v) is 6.40. The maximum atomic E-state index is 4.41. The number of hydrogen-bond donors (Lipinski definition) is 1. The normalized spacial score (nSPS) is 22.9. The van der Waals surface area contributed by atoms with E-state index in [-0.39, 0.29) is 0 Å². The average Bonchev–Trinajstić information content (AvgIpc) is 2.38. The van der Waals surface area contributed by atoms with Gasteiger partial charge in [0.15, 0.2) is 0 Å². The van der Waals surface area contributed by atoms with Gasteiger partial charge in [-0.25, -0.2) is 0 Å². The molecule has 2 unspecified atom stereocenters. The van der Waals surface area contributed by atoms with Crippen molar-refractivity contribution in [2.24, 2.45) is 0 Å². The van der Waals surface area contributed by atoms with Gasteiger partial charge in [0.1, 0.15) is 0 Å². The zero-order valence-corrected chi connectivity index (χ0v) is 11.2. The highest BCUT2D eigenvalue weighted by molar-refractivity contribution is 8.06. The number of hydrogen-bond acceptors (Lipinski definition) is 4. The van der Waals surface area contributed by atoms with Crippen LogP contribution < -0.4 is 5.32 Å². The van der Waals surface area contributed by atoms with Crippen LogP contribution >= 0.6 is 23.5 Å². The molecule has 0 amide bonds. The Bertz CT molecular complexity index is 299. The van der Waals surface area contributed by atoms with Crippen LogP contribution in [0.2, 0.25) is 0 Å². The molecular formula is C12H18N2S2. The van der Waals surface area contributed by atoms with Gasteiger partial charge in [-0.05, 0) is 19.2 Å². The fraction of sp³-hybridized carbons (Fsp3) is 0.583. The van der Waals surface area contributed by atoms with Crippen molar-refractivity contribution in [2.45, 2.75) is 17.7 Å². The van der Waals surface area contributed by atoms with Gasteiger partial charge in [-0.3, -0.25) is 4.98 Å². The van der Waals surface area contributed by atoms with Crippen LogP contribution in [0.3, 0.4) is 0 Å². The van der Waals surface area contributed by atoms with Gasteiger partial charge in [-0.15, -0.1) is 0 Å². The molecule has 1 aromatic heterocycles. The Morgan fingerprint density at radius 2 is 2.44 bits per heavy atom. The minimum Gasteiger partial charge on any atom is -0.315 e. The lowest BCUT2D eigenvalue weighted by Gasteiger charge is -2.29. The quantitative estimate of drug-likeness (QED) is 0.889. The molecule has 1 fully saturated rings. The van der Waals surface area contributed by atoms with E-state index in [4.69, 9.17) is 0 Å². The minimum absolute atomic E-state index is 0.549. The summed E-state index contributed by atoms with van der Waals surface area (Å²) in [6.45, 7) is 0. The molecule has 1 aliphatic heterocycles. The molecule has 1 N–H and O–H groups in total. The summed E-state index contributed by atoms with van der Waals surface area (Å²) in [5, 5.41) is 4.17. The summed E-state index contributed by atoms with van der Waals surface area (Å²) in [6, 6.07) is 6.71. The molecule has 1 aromatic rings. The molecular weight excluding hydrogens is 236 g/mol. The van der Waals surface area contributed by atoms with Crippen LogP contribution in [0.15, 0.2) is 24.4 Å². The summed E-state index contributed by atoms with van der Waals surface area (Å²) in [6.07, 6.45) is 2.92. The Balaban J connectivity index is 1.94. The first kappa shape index (κ1) is 12.3. The third-order valence-corrected chi connectivity index (χ3v) is 5.74. The van der Waals surface area contributed by atoms with Gasteiger partial charge < -0.3 is 5.32 Å². The van der Waals surface area contributed by atoms with Gasteiger partial charge in [0.05, 0.1) is 0 Å². The first-order chi connectivity index (χ1) is 7.90. The molecule has 2 rings (SSSR count). The van der Waals surface area contributed by atoms with Crippen LogP contribution in [-0.4, -0.2) is 40.6 Å². The lowest BCUT2D eigenvalue weighted by Crippen LogP contribution is -2.40. The Labute approximate surface area is 106 Å². The molecule has 88 valence electrons. The van der Waals surface area contributed by atoms with Crippen LogP contribution in [0.4, 0.5) is 0 Å². The third-order valence-electron chi connectivity index (χ3n) is 2.82. The lowest BCUT2D eigenvalue weighted by atomic mass is 10.1. The summed E-state index contributed by atoms with van der Waals surface area (Å²) in [7, 11) is 2.06. The summed E-state index contributed by atoms with van der Waals surface area (Å²) >= 11 is 4.18. The fourth-order valence-corrected chi connectivity index (χ4v) is 4.83. The van der Waals surface area contributed by atoms with Crippen molar-refractivity contribution in [1.82, 2.24) is 10.3 Å². The zero-order valence-electron chi connectivity index (χ0n) is 9.56. The molecule has 0 radical (unpaired) electrons. The highest BCUT2D eigenvalue weighted by atomic mass is 32.2. The number of nitrogens with zero attached hydrogens (tertiary/aromatic N) is 1. The van der Waals surface area contributed by atoms with E-state index in [1.165, 1.54) is 23.0 Å². The van der Waals surface area contributed by atoms with Gasteiger partial charge in [-0.2, -0.15) is 23.5 Å². The topological polar surface area (TPSA) is 24.9 Å². The van der Waals surface area contributed by atoms with Crippen molar-refractivity contribution < 1.29 is 0 Å². The first-order valence-electron chi connectivity index (χ1n) is 5.66. The van der Waals surface area contributed by atoms with Crippen molar-refractivity contribution in [3.8, 4) is 0 Å². The molecule has 1 saturated heterocycles. The van der Waals surface area contributed by atoms with Gasteiger partial charge in [0.25, 0.3) is 0 Å². The first-order valence-corrected chi connectivity index (χ1v) is 7.87. The second-order valence-electron chi connectivity index (χ2n) is 3.90. The number of aromatic nitrogens is 1. The highest BCUT2D eigenvalue weighted by Gasteiger charge is 2.23. The van der Waals surface area contributed by atoms with Crippen LogP contribution in [0.25, 0.3) is 0 Å². The van der Waals surface area contributed by atoms with Gasteiger partial charge in [0, 0.05) is 46.9 Å². The SMILES string of the molecule is CNC(Cc1ccccn1)C1CSCCS1. The van der Waals surface area contributed by atoms with Crippen molar-refractivity contribution in [3.05, 3.63) is 30.1 Å². The molecule has 16 heavy (non-hydrogen) atoms. The van der Waals surface area contributed by atoms with Crippen LogP contribution in [0, 0.1) is 0 Å². The van der Waals surface area contributed by atoms with Crippen LogP contribution in [0.1, 0.15) is 5.69 Å². The minimum atomic E-state index is 0.549. The average molecular weight is 254 g/mol. The second kappa shape index (κ2) is 6.52. The summed E-state index contributed by atoms with van der Waals surface area (Å²) in [5.41, 5.74) is 1.19. The van der Waals surface area contributed by atoms with Crippen molar-refractivity contribution >= 4 is 23.5 Å². The zero-order chi connectivity index (χ0) is 11.2. The molecule has 0 aromatic carbocycles. The maximum Gasteiger partial charge on any atom is 0.0419 e. The van der Waals surface area contributed by atoms with Gasteiger partial charge >= 0.3 is 0 Å². The molecule has 4 heteroatoms. The number of likely N-dealkylation sites (N-methyl/N-ethyl adjacent to an activating group) is 1. The molecule has 0 bridgehead atoms. The molecule has 2 heterocycles. The standard InChI is InChI=1S/C12H18N2S2/c1-13-11(12-9-15-6-7-16-12)8-10-4-2-3-5-14-10/h2-5,11-13H,6-9H2,1H3. The molecule has 2 atom stereocenters. The van der Waals surface area contributed by atoms with E-state index in [0.29, 0.717) is 6.04 Å². The van der Waals surface area contributed by atoms with Crippen LogP contribution in [-0.2, 0) is 6.42 Å². The van der Waals surface area contributed by atoms with Crippen molar-refractivity contribution in [2.75, 3.05) is 24.3 Å². The van der Waals surface area contributed by atoms with Gasteiger partial charge in [-0.1, -0.05) is 6.07 Å². The summed E-state index contributed by atoms with van der Waals surface area (Å²) in [4.78, 5) is 4.41. The third kappa shape index (κ3) is 3.40. The van der Waals surface area contributed by atoms with E-state index in [1.54, 1.807) is 0 Å². The number of rotatable bonds is 4. The number of pyridine rings is 1. The van der Waals surface area contributed by atoms with Crippen molar-refractivity contribution in [1.29, 1.82) is 0 Å². The summed E-state index contributed by atoms with van der Waals surface area (Å²) in [5.74, 6) is 3.86. The van der Waals surface area contributed by atoms with E-state index < -0.39 is 0 Å². The van der Waals surface area contributed by atoms with E-state index in [2.05, 4.69) is 53.0 Å². The van der Waals surface area contributed by atoms with E-state index in [1.807, 2.05) is 12.3 Å². The van der Waals surface area contributed by atoms with E-state index in [9.17, 15) is 0 Å². The van der Waals surface area contributed by atoms with Gasteiger partial charge in [0.2, 0.25) is 0 Å². The van der Waals surface area contributed by atoms with E-state index in [0.717, 1.165) is 11.7 Å². The summed E-state index contributed by atoms with van der Waals surface area (Å²) < 4.78 is 0. The van der Waals surface area contributed by atoms with Crippen molar-refractivity contribution in [3.63, 3.8) is 0 Å². The van der Waals surface area contributed by atoms with Crippen LogP contribution in [0.5, 0.6) is 0 Å². The Morgan fingerprint density at radius 3 is 3.06 bits per heavy atom. The molecule has 0 saturated carbocycles. The maximum absolute atomic E-state index is 4.41. The molecule has 0 spiro atoms. The smallest absolute Gasteiger partial charge is 0.0419 e. The Kier molecular flexibility index (Phi) is 5.00. The molecule has 1 aliphatic rings. The Morgan fingerprint density at radius 1 is 1.50 bits per heavy atom. The Hall–Kier alpha value is -0.190. The predicted molar refractivity (Wildman–Crippen MR) is 74.4 cm³/mol. The number of thioether (sulfide) groups is 2. The monoisotopic (exact) mass is 254 g/mol. The lowest BCUT2D eigenvalue weighted by molar-refractivity contribution is 0.551. The largest absolute Gasteiger partial charge is 0.315 e. The molecule has 2 nitrogen and oxygen atoms in total. The fourth-order valence-electron chi connectivity index (χ4n) is 1.90. The predicted octanol–water partition coefficient (Wildman–Crippen LogP) is 2.06. The van der Waals surface area contributed by atoms with E-state index >= 15 is 0 Å². The highest BCUT2D eigenvalue weighted by Crippen LogP contribution is 2.27. The number of nitrogens with one attached hydrogen (secondary N) is 1. The molecule has 0 aliphatic carbocycles.